The van der Waals surface area contributed by atoms with Crippen LogP contribution in [0.3, 0.4) is 0 Å². The van der Waals surface area contributed by atoms with Crippen molar-refractivity contribution in [3.05, 3.63) is 72.0 Å². The number of ether oxygens (including phenoxy) is 3. The quantitative estimate of drug-likeness (QED) is 0.443. The van der Waals surface area contributed by atoms with Gasteiger partial charge in [0.15, 0.2) is 5.76 Å². The van der Waals surface area contributed by atoms with Crippen molar-refractivity contribution in [2.75, 3.05) is 31.7 Å². The van der Waals surface area contributed by atoms with Gasteiger partial charge in [-0.05, 0) is 23.8 Å². The molecule has 1 amide bonds. The lowest BCUT2D eigenvalue weighted by atomic mass is 9.93. The Labute approximate surface area is 169 Å². The molecule has 1 aliphatic heterocycles. The highest BCUT2D eigenvalue weighted by atomic mass is 16.7. The average molecular weight is 399 g/mol. The van der Waals surface area contributed by atoms with E-state index in [-0.39, 0.29) is 37.2 Å². The fourth-order valence-corrected chi connectivity index (χ4v) is 3.02. The molecule has 0 aliphatic carbocycles. The van der Waals surface area contributed by atoms with Crippen molar-refractivity contribution in [1.29, 1.82) is 0 Å². The summed E-state index contributed by atoms with van der Waals surface area (Å²) in [5.74, 6) is -0.406. The average Bonchev–Trinajstić information content (AvgIpc) is 2.75. The summed E-state index contributed by atoms with van der Waals surface area (Å²) >= 11 is 0. The molecule has 0 fully saturated rings. The fourth-order valence-electron chi connectivity index (χ4n) is 3.02. The minimum atomic E-state index is -0.618. The Balaban J connectivity index is 1.71. The van der Waals surface area contributed by atoms with Crippen LogP contribution in [0.4, 0.5) is 5.69 Å². The largest absolute Gasteiger partial charge is 0.506 e. The summed E-state index contributed by atoms with van der Waals surface area (Å²) in [7, 11) is 0. The molecular formula is C22H25NO6. The third kappa shape index (κ3) is 6.05. The van der Waals surface area contributed by atoms with Gasteiger partial charge in [-0.2, -0.15) is 0 Å². The van der Waals surface area contributed by atoms with E-state index >= 15 is 0 Å². The molecule has 7 heteroatoms. The van der Waals surface area contributed by atoms with Gasteiger partial charge in [0.25, 0.3) is 5.91 Å². The summed E-state index contributed by atoms with van der Waals surface area (Å²) in [6.07, 6.45) is 1.71. The van der Waals surface area contributed by atoms with Crippen molar-refractivity contribution in [3.63, 3.8) is 0 Å². The predicted octanol–water partition coefficient (Wildman–Crippen LogP) is 2.77. The number of nitrogens with one attached hydrogen (secondary N) is 1. The molecule has 1 heterocycles. The summed E-state index contributed by atoms with van der Waals surface area (Å²) in [4.78, 5) is 12.7. The molecule has 1 aliphatic rings. The van der Waals surface area contributed by atoms with Gasteiger partial charge in [-0.25, -0.2) is 0 Å². The minimum absolute atomic E-state index is 0.0225. The summed E-state index contributed by atoms with van der Waals surface area (Å²) in [5, 5.41) is 21.3. The molecule has 154 valence electrons. The molecule has 2 aromatic carbocycles. The van der Waals surface area contributed by atoms with Crippen molar-refractivity contribution >= 4 is 11.6 Å². The lowest BCUT2D eigenvalue weighted by Crippen LogP contribution is -2.30. The number of anilines is 1. The number of phenols is 1. The van der Waals surface area contributed by atoms with Crippen LogP contribution >= 0.6 is 0 Å². The molecule has 3 rings (SSSR count). The number of para-hydroxylation sites is 2. The number of rotatable bonds is 9. The maximum absolute atomic E-state index is 12.7. The van der Waals surface area contributed by atoms with Crippen LogP contribution in [0.25, 0.3) is 0 Å². The Kier molecular flexibility index (Phi) is 7.63. The van der Waals surface area contributed by atoms with E-state index in [2.05, 4.69) is 5.32 Å². The van der Waals surface area contributed by atoms with Crippen LogP contribution in [-0.4, -0.2) is 48.8 Å². The van der Waals surface area contributed by atoms with E-state index < -0.39 is 12.2 Å². The summed E-state index contributed by atoms with van der Waals surface area (Å²) in [6, 6.07) is 16.3. The predicted molar refractivity (Wildman–Crippen MR) is 107 cm³/mol. The van der Waals surface area contributed by atoms with Crippen molar-refractivity contribution in [2.45, 2.75) is 18.6 Å². The van der Waals surface area contributed by atoms with E-state index in [4.69, 9.17) is 19.3 Å². The second-order valence-corrected chi connectivity index (χ2v) is 6.51. The number of carbonyl (C=O) groups excluding carboxylic acids is 1. The number of allylic oxidation sites excluding steroid dienone is 1. The van der Waals surface area contributed by atoms with Gasteiger partial charge in [0.2, 0.25) is 6.29 Å². The number of amides is 1. The molecule has 29 heavy (non-hydrogen) atoms. The number of aliphatic hydroxyl groups is 1. The normalized spacial score (nSPS) is 18.6. The fraction of sp³-hybridized carbons (Fsp3) is 0.318. The maximum Gasteiger partial charge on any atom is 0.290 e. The second-order valence-electron chi connectivity index (χ2n) is 6.51. The molecular weight excluding hydrogens is 374 g/mol. The van der Waals surface area contributed by atoms with E-state index in [0.29, 0.717) is 18.7 Å². The standard InChI is InChI=1S/C22H25NO6/c24-10-11-27-12-13-28-21-15-17(16-6-2-1-3-7-16)14-20(29-21)22(26)23-18-8-4-5-9-19(18)25/h1-9,14,17,21,24-25H,10-13,15H2,(H,23,26)/t17-,21+/m1/s1. The van der Waals surface area contributed by atoms with E-state index in [0.717, 1.165) is 5.56 Å². The Hall–Kier alpha value is -2.87. The highest BCUT2D eigenvalue weighted by Gasteiger charge is 2.29. The van der Waals surface area contributed by atoms with Crippen LogP contribution in [0, 0.1) is 0 Å². The SMILES string of the molecule is O=C(Nc1ccccc1O)C1=C[C@@H](c2ccccc2)C[C@@H](OCCOCCO)O1. The third-order valence-corrected chi connectivity index (χ3v) is 4.43. The van der Waals surface area contributed by atoms with Gasteiger partial charge in [-0.15, -0.1) is 0 Å². The van der Waals surface area contributed by atoms with Crippen LogP contribution in [-0.2, 0) is 19.0 Å². The first kappa shape index (κ1) is 20.9. The third-order valence-electron chi connectivity index (χ3n) is 4.43. The lowest BCUT2D eigenvalue weighted by Gasteiger charge is -2.29. The molecule has 0 spiro atoms. The van der Waals surface area contributed by atoms with Crippen molar-refractivity contribution in [1.82, 2.24) is 0 Å². The van der Waals surface area contributed by atoms with Gasteiger partial charge in [-0.3, -0.25) is 4.79 Å². The molecule has 2 aromatic rings. The highest BCUT2D eigenvalue weighted by molar-refractivity contribution is 6.03. The van der Waals surface area contributed by atoms with Crippen LogP contribution in [0.5, 0.6) is 5.75 Å². The second kappa shape index (κ2) is 10.6. The zero-order valence-electron chi connectivity index (χ0n) is 16.0. The van der Waals surface area contributed by atoms with Crippen molar-refractivity contribution in [2.24, 2.45) is 0 Å². The molecule has 0 saturated heterocycles. The molecule has 7 nitrogen and oxygen atoms in total. The molecule has 2 atom stereocenters. The lowest BCUT2D eigenvalue weighted by molar-refractivity contribution is -0.148. The number of hydrogen-bond donors (Lipinski definition) is 3. The topological polar surface area (TPSA) is 97.3 Å². The Morgan fingerprint density at radius 1 is 1.07 bits per heavy atom. The number of hydrogen-bond acceptors (Lipinski definition) is 6. The molecule has 0 saturated carbocycles. The van der Waals surface area contributed by atoms with Gasteiger partial charge in [-0.1, -0.05) is 42.5 Å². The van der Waals surface area contributed by atoms with Gasteiger partial charge < -0.3 is 29.7 Å². The van der Waals surface area contributed by atoms with Crippen molar-refractivity contribution in [3.8, 4) is 5.75 Å². The van der Waals surface area contributed by atoms with E-state index in [1.54, 1.807) is 24.3 Å². The molecule has 3 N–H and O–H groups in total. The Morgan fingerprint density at radius 2 is 1.83 bits per heavy atom. The molecule has 0 unspecified atom stereocenters. The first-order valence-corrected chi connectivity index (χ1v) is 9.50. The number of carbonyl (C=O) groups is 1. The monoisotopic (exact) mass is 399 g/mol. The van der Waals surface area contributed by atoms with Gasteiger partial charge in [0.1, 0.15) is 5.75 Å². The minimum Gasteiger partial charge on any atom is -0.506 e. The Morgan fingerprint density at radius 3 is 2.59 bits per heavy atom. The number of aliphatic hydroxyl groups excluding tert-OH is 1. The van der Waals surface area contributed by atoms with Crippen LogP contribution < -0.4 is 5.32 Å². The van der Waals surface area contributed by atoms with Crippen molar-refractivity contribution < 1.29 is 29.2 Å². The number of aromatic hydroxyl groups is 1. The molecule has 0 radical (unpaired) electrons. The molecule has 0 bridgehead atoms. The first-order chi connectivity index (χ1) is 14.2. The summed E-state index contributed by atoms with van der Waals surface area (Å²) in [5.41, 5.74) is 1.35. The van der Waals surface area contributed by atoms with Crippen LogP contribution in [0.1, 0.15) is 17.9 Å². The number of phenolic OH excluding ortho intramolecular Hbond substituents is 1. The van der Waals surface area contributed by atoms with E-state index in [1.807, 2.05) is 30.3 Å². The molecule has 0 aromatic heterocycles. The zero-order valence-corrected chi connectivity index (χ0v) is 16.0. The summed E-state index contributed by atoms with van der Waals surface area (Å²) < 4.78 is 16.7. The van der Waals surface area contributed by atoms with Crippen LogP contribution in [0.15, 0.2) is 66.4 Å². The maximum atomic E-state index is 12.7. The van der Waals surface area contributed by atoms with Gasteiger partial charge in [0, 0.05) is 12.3 Å². The Bertz CT molecular complexity index is 823. The zero-order chi connectivity index (χ0) is 20.5. The smallest absolute Gasteiger partial charge is 0.290 e. The van der Waals surface area contributed by atoms with Gasteiger partial charge in [0.05, 0.1) is 32.1 Å². The van der Waals surface area contributed by atoms with E-state index in [9.17, 15) is 9.90 Å². The van der Waals surface area contributed by atoms with Crippen LogP contribution in [0.2, 0.25) is 0 Å². The summed E-state index contributed by atoms with van der Waals surface area (Å²) in [6.45, 7) is 0.797. The van der Waals surface area contributed by atoms with Gasteiger partial charge >= 0.3 is 0 Å². The van der Waals surface area contributed by atoms with E-state index in [1.165, 1.54) is 6.07 Å². The highest BCUT2D eigenvalue weighted by Crippen LogP contribution is 2.32. The first-order valence-electron chi connectivity index (χ1n) is 9.50. The number of benzene rings is 2.